The van der Waals surface area contributed by atoms with Gasteiger partial charge < -0.3 is 9.84 Å². The van der Waals surface area contributed by atoms with Gasteiger partial charge in [0.2, 0.25) is 0 Å². The van der Waals surface area contributed by atoms with Crippen molar-refractivity contribution in [1.29, 1.82) is 0 Å². The standard InChI is InChI=1S/C13H20O2S/c1-4-16-8-7-15-13-6-5-12(11(3)14)9-10(13)2/h5-6,9,11,14H,4,7-8H2,1-3H3/t11-/m1/s1. The summed E-state index contributed by atoms with van der Waals surface area (Å²) in [7, 11) is 0. The van der Waals surface area contributed by atoms with Crippen molar-refractivity contribution in [2.75, 3.05) is 18.1 Å². The number of rotatable bonds is 6. The molecular weight excluding hydrogens is 220 g/mol. The van der Waals surface area contributed by atoms with Gasteiger partial charge in [0.05, 0.1) is 12.7 Å². The lowest BCUT2D eigenvalue weighted by atomic mass is 10.1. The first-order valence-electron chi connectivity index (χ1n) is 5.64. The van der Waals surface area contributed by atoms with E-state index in [1.54, 1.807) is 6.92 Å². The number of ether oxygens (including phenoxy) is 1. The maximum Gasteiger partial charge on any atom is 0.122 e. The van der Waals surface area contributed by atoms with E-state index in [4.69, 9.17) is 4.74 Å². The highest BCUT2D eigenvalue weighted by molar-refractivity contribution is 7.99. The lowest BCUT2D eigenvalue weighted by Crippen LogP contribution is -2.02. The molecule has 0 radical (unpaired) electrons. The molecule has 16 heavy (non-hydrogen) atoms. The Hall–Kier alpha value is -0.670. The van der Waals surface area contributed by atoms with Gasteiger partial charge in [-0.3, -0.25) is 0 Å². The summed E-state index contributed by atoms with van der Waals surface area (Å²) in [6.45, 7) is 6.67. The van der Waals surface area contributed by atoms with Gasteiger partial charge in [-0.25, -0.2) is 0 Å². The van der Waals surface area contributed by atoms with Crippen LogP contribution in [0.3, 0.4) is 0 Å². The molecule has 0 aliphatic carbocycles. The molecule has 0 aromatic heterocycles. The van der Waals surface area contributed by atoms with E-state index in [1.807, 2.05) is 36.9 Å². The fourth-order valence-electron chi connectivity index (χ4n) is 1.45. The quantitative estimate of drug-likeness (QED) is 0.774. The van der Waals surface area contributed by atoms with Crippen LogP contribution in [0.4, 0.5) is 0 Å². The highest BCUT2D eigenvalue weighted by atomic mass is 32.2. The van der Waals surface area contributed by atoms with Gasteiger partial charge in [-0.15, -0.1) is 0 Å². The first kappa shape index (κ1) is 13.4. The summed E-state index contributed by atoms with van der Waals surface area (Å²) in [5, 5.41) is 9.44. The lowest BCUT2D eigenvalue weighted by Gasteiger charge is -2.11. The second kappa shape index (κ2) is 6.81. The number of thioether (sulfide) groups is 1. The summed E-state index contributed by atoms with van der Waals surface area (Å²) < 4.78 is 5.67. The molecule has 1 atom stereocenters. The van der Waals surface area contributed by atoms with E-state index in [-0.39, 0.29) is 0 Å². The fourth-order valence-corrected chi connectivity index (χ4v) is 1.94. The Balaban J connectivity index is 2.54. The summed E-state index contributed by atoms with van der Waals surface area (Å²) in [4.78, 5) is 0. The predicted molar refractivity (Wildman–Crippen MR) is 70.3 cm³/mol. The van der Waals surface area contributed by atoms with Crippen LogP contribution >= 0.6 is 11.8 Å². The van der Waals surface area contributed by atoms with Gasteiger partial charge in [-0.2, -0.15) is 11.8 Å². The normalized spacial score (nSPS) is 12.5. The van der Waals surface area contributed by atoms with Crippen LogP contribution in [0.1, 0.15) is 31.1 Å². The summed E-state index contributed by atoms with van der Waals surface area (Å²) in [5.74, 6) is 3.07. The molecule has 0 saturated carbocycles. The molecule has 1 N–H and O–H groups in total. The summed E-state index contributed by atoms with van der Waals surface area (Å²) in [5.41, 5.74) is 2.02. The van der Waals surface area contributed by atoms with Gasteiger partial charge in [0.15, 0.2) is 0 Å². The minimum atomic E-state index is -0.414. The number of hydrogen-bond donors (Lipinski definition) is 1. The zero-order valence-corrected chi connectivity index (χ0v) is 11.0. The van der Waals surface area contributed by atoms with E-state index < -0.39 is 6.10 Å². The van der Waals surface area contributed by atoms with Crippen LogP contribution in [0.2, 0.25) is 0 Å². The maximum atomic E-state index is 9.44. The van der Waals surface area contributed by atoms with Gasteiger partial charge in [0.1, 0.15) is 5.75 Å². The van der Waals surface area contributed by atoms with E-state index in [0.717, 1.165) is 35.0 Å². The molecule has 0 aliphatic heterocycles. The SMILES string of the molecule is CCSCCOc1ccc([C@@H](C)O)cc1C. The number of aryl methyl sites for hydroxylation is 1. The van der Waals surface area contributed by atoms with Crippen molar-refractivity contribution in [3.63, 3.8) is 0 Å². The zero-order chi connectivity index (χ0) is 12.0. The number of aliphatic hydroxyl groups is 1. The molecular formula is C13H20O2S. The average molecular weight is 240 g/mol. The second-order valence-corrected chi connectivity index (χ2v) is 5.14. The van der Waals surface area contributed by atoms with Crippen molar-refractivity contribution < 1.29 is 9.84 Å². The van der Waals surface area contributed by atoms with Crippen molar-refractivity contribution in [1.82, 2.24) is 0 Å². The van der Waals surface area contributed by atoms with E-state index in [1.165, 1.54) is 0 Å². The molecule has 1 rings (SSSR count). The van der Waals surface area contributed by atoms with Gasteiger partial charge in [-0.05, 0) is 42.9 Å². The smallest absolute Gasteiger partial charge is 0.122 e. The Morgan fingerprint density at radius 1 is 1.44 bits per heavy atom. The van der Waals surface area contributed by atoms with Crippen molar-refractivity contribution >= 4 is 11.8 Å². The van der Waals surface area contributed by atoms with Crippen LogP contribution < -0.4 is 4.74 Å². The highest BCUT2D eigenvalue weighted by Crippen LogP contribution is 2.22. The third kappa shape index (κ3) is 4.06. The second-order valence-electron chi connectivity index (χ2n) is 3.75. The van der Waals surface area contributed by atoms with Crippen molar-refractivity contribution in [3.8, 4) is 5.75 Å². The Bertz CT molecular complexity index is 324. The molecule has 0 aliphatic rings. The monoisotopic (exact) mass is 240 g/mol. The molecule has 90 valence electrons. The van der Waals surface area contributed by atoms with Crippen molar-refractivity contribution in [2.24, 2.45) is 0 Å². The van der Waals surface area contributed by atoms with Gasteiger partial charge in [0.25, 0.3) is 0 Å². The van der Waals surface area contributed by atoms with Crippen LogP contribution in [0, 0.1) is 6.92 Å². The third-order valence-electron chi connectivity index (χ3n) is 2.37. The van der Waals surface area contributed by atoms with Crippen molar-refractivity contribution in [3.05, 3.63) is 29.3 Å². The minimum absolute atomic E-state index is 0.414. The zero-order valence-electron chi connectivity index (χ0n) is 10.2. The van der Waals surface area contributed by atoms with Crippen LogP contribution in [-0.2, 0) is 0 Å². The molecule has 3 heteroatoms. The summed E-state index contributed by atoms with van der Waals surface area (Å²) in [6.07, 6.45) is -0.414. The van der Waals surface area contributed by atoms with Crippen LogP contribution in [-0.4, -0.2) is 23.2 Å². The first-order chi connectivity index (χ1) is 7.65. The van der Waals surface area contributed by atoms with Crippen LogP contribution in [0.25, 0.3) is 0 Å². The highest BCUT2D eigenvalue weighted by Gasteiger charge is 2.04. The molecule has 1 aromatic carbocycles. The summed E-state index contributed by atoms with van der Waals surface area (Å²) >= 11 is 1.88. The minimum Gasteiger partial charge on any atom is -0.492 e. The lowest BCUT2D eigenvalue weighted by molar-refractivity contribution is 0.199. The van der Waals surface area contributed by atoms with Crippen LogP contribution in [0.5, 0.6) is 5.75 Å². The predicted octanol–water partition coefficient (Wildman–Crippen LogP) is 3.18. The van der Waals surface area contributed by atoms with E-state index in [0.29, 0.717) is 0 Å². The van der Waals surface area contributed by atoms with Gasteiger partial charge >= 0.3 is 0 Å². The van der Waals surface area contributed by atoms with Crippen molar-refractivity contribution in [2.45, 2.75) is 26.9 Å². The molecule has 0 spiro atoms. The first-order valence-corrected chi connectivity index (χ1v) is 6.79. The molecule has 0 heterocycles. The Morgan fingerprint density at radius 2 is 2.19 bits per heavy atom. The maximum absolute atomic E-state index is 9.44. The largest absolute Gasteiger partial charge is 0.492 e. The topological polar surface area (TPSA) is 29.5 Å². The molecule has 2 nitrogen and oxygen atoms in total. The summed E-state index contributed by atoms with van der Waals surface area (Å²) in [6, 6.07) is 5.83. The molecule has 0 fully saturated rings. The van der Waals surface area contributed by atoms with Gasteiger partial charge in [-0.1, -0.05) is 13.0 Å². The number of benzene rings is 1. The van der Waals surface area contributed by atoms with E-state index in [2.05, 4.69) is 6.92 Å². The Morgan fingerprint density at radius 3 is 2.75 bits per heavy atom. The van der Waals surface area contributed by atoms with E-state index >= 15 is 0 Å². The number of hydrogen-bond acceptors (Lipinski definition) is 3. The number of aliphatic hydroxyl groups excluding tert-OH is 1. The van der Waals surface area contributed by atoms with Crippen LogP contribution in [0.15, 0.2) is 18.2 Å². The Labute approximate surface area is 102 Å². The van der Waals surface area contributed by atoms with Gasteiger partial charge in [0, 0.05) is 5.75 Å². The molecule has 0 bridgehead atoms. The fraction of sp³-hybridized carbons (Fsp3) is 0.538. The molecule has 0 saturated heterocycles. The third-order valence-corrected chi connectivity index (χ3v) is 3.23. The molecule has 0 unspecified atom stereocenters. The average Bonchev–Trinajstić information content (AvgIpc) is 2.26. The Kier molecular flexibility index (Phi) is 5.71. The molecule has 1 aromatic rings. The van der Waals surface area contributed by atoms with E-state index in [9.17, 15) is 5.11 Å². The molecule has 0 amide bonds.